The smallest absolute Gasteiger partial charge is 0.341 e. The second-order valence-corrected chi connectivity index (χ2v) is 24.4. The fourth-order valence-corrected chi connectivity index (χ4v) is 12.4. The third-order valence-corrected chi connectivity index (χ3v) is 17.4. The van der Waals surface area contributed by atoms with Crippen molar-refractivity contribution < 1.29 is 87.4 Å². The first-order valence-corrected chi connectivity index (χ1v) is 29.6. The number of ether oxygens (including phenoxy) is 9. The average molecular weight is 1200 g/mol. The minimum atomic E-state index is -1.99. The fourth-order valence-electron chi connectivity index (χ4n) is 12.2. The SMILES string of the molecule is CCO/N=C1\[C@H](C)C[C@@](C)(O)[C@H](O[C@H]2O[C@@H](C)C[C@@H](N(C)C)[C@@H]2O)[C@@H](C)[C@H](O[C@H]2C[C@@](C)(OC)[C@@H](OC(=O)CCOCCOCCNc3cc4c(=O)c(C(=O)O)cn(C5CC5)c4cc3Cl)[C@H](C)O2)[C@@H](C)C(=O)O[C@H](CC)[C@@](C)(O)[C@H](O)[C@H]1C. The van der Waals surface area contributed by atoms with Crippen LogP contribution >= 0.6 is 11.6 Å². The molecule has 1 aromatic carbocycles. The molecule has 24 heteroatoms. The number of aromatic carboxylic acids is 1. The number of methoxy groups -OCH3 is 1. The lowest BCUT2D eigenvalue weighted by Gasteiger charge is -2.49. The second-order valence-electron chi connectivity index (χ2n) is 24.0. The molecule has 18 atom stereocenters. The number of hydrogen-bond donors (Lipinski definition) is 6. The van der Waals surface area contributed by atoms with E-state index in [1.54, 1.807) is 67.5 Å². The zero-order valence-electron chi connectivity index (χ0n) is 50.8. The third-order valence-electron chi connectivity index (χ3n) is 17.0. The number of likely N-dealkylation sites (N-methyl/N-ethyl adjacent to an activating group) is 1. The van der Waals surface area contributed by atoms with Gasteiger partial charge in [-0.05, 0) is 107 Å². The van der Waals surface area contributed by atoms with Crippen LogP contribution < -0.4 is 10.7 Å². The summed E-state index contributed by atoms with van der Waals surface area (Å²) in [5.41, 5.74) is -4.49. The monoisotopic (exact) mass is 1200 g/mol. The largest absolute Gasteiger partial charge is 0.477 e. The predicted molar refractivity (Wildman–Crippen MR) is 307 cm³/mol. The lowest BCUT2D eigenvalue weighted by Crippen LogP contribution is -2.61. The third kappa shape index (κ3) is 16.3. The molecule has 6 rings (SSSR count). The summed E-state index contributed by atoms with van der Waals surface area (Å²) in [6.45, 7) is 19.8. The molecule has 4 heterocycles. The molecular weight excluding hydrogens is 1100 g/mol. The van der Waals surface area contributed by atoms with Crippen molar-refractivity contribution in [3.63, 3.8) is 0 Å². The normalized spacial score (nSPS) is 36.4. The van der Waals surface area contributed by atoms with Gasteiger partial charge in [0, 0.05) is 61.5 Å². The number of halogens is 1. The van der Waals surface area contributed by atoms with Crippen molar-refractivity contribution >= 4 is 51.8 Å². The first kappa shape index (κ1) is 68.0. The summed E-state index contributed by atoms with van der Waals surface area (Å²) in [5.74, 6) is -6.15. The first-order valence-electron chi connectivity index (χ1n) is 29.3. The van der Waals surface area contributed by atoms with Gasteiger partial charge >= 0.3 is 17.9 Å². The first-order chi connectivity index (χ1) is 39.0. The van der Waals surface area contributed by atoms with Crippen molar-refractivity contribution in [2.75, 3.05) is 66.1 Å². The van der Waals surface area contributed by atoms with Gasteiger partial charge in [-0.25, -0.2) is 4.79 Å². The van der Waals surface area contributed by atoms with E-state index in [-0.39, 0.29) is 87.9 Å². The molecule has 3 aliphatic heterocycles. The molecule has 0 spiro atoms. The van der Waals surface area contributed by atoms with E-state index in [0.717, 1.165) is 12.8 Å². The van der Waals surface area contributed by atoms with Crippen LogP contribution in [0.1, 0.15) is 138 Å². The summed E-state index contributed by atoms with van der Waals surface area (Å²) in [7, 11) is 5.18. The maximum absolute atomic E-state index is 14.6. The Kier molecular flexibility index (Phi) is 23.8. The second kappa shape index (κ2) is 29.1. The number of esters is 2. The topological polar surface area (TPSA) is 294 Å². The van der Waals surface area contributed by atoms with E-state index in [1.807, 2.05) is 37.4 Å². The van der Waals surface area contributed by atoms with Gasteiger partial charge in [0.2, 0.25) is 5.43 Å². The maximum Gasteiger partial charge on any atom is 0.341 e. The Labute approximate surface area is 492 Å². The highest BCUT2D eigenvalue weighted by molar-refractivity contribution is 6.34. The molecule has 3 saturated heterocycles. The Morgan fingerprint density at radius 2 is 1.59 bits per heavy atom. The van der Waals surface area contributed by atoms with Gasteiger partial charge in [0.25, 0.3) is 0 Å². The number of nitrogens with zero attached hydrogens (tertiary/aromatic N) is 3. The molecule has 4 aliphatic rings. The molecule has 4 fully saturated rings. The maximum atomic E-state index is 14.6. The number of rotatable bonds is 22. The molecule has 23 nitrogen and oxygen atoms in total. The van der Waals surface area contributed by atoms with Crippen molar-refractivity contribution in [3.05, 3.63) is 39.1 Å². The van der Waals surface area contributed by atoms with Crippen molar-refractivity contribution in [2.24, 2.45) is 28.8 Å². The van der Waals surface area contributed by atoms with E-state index in [0.29, 0.717) is 34.9 Å². The number of pyridine rings is 1. The van der Waals surface area contributed by atoms with E-state index in [2.05, 4.69) is 10.5 Å². The van der Waals surface area contributed by atoms with Crippen LogP contribution in [0.25, 0.3) is 10.9 Å². The number of carboxylic acid groups (broad SMARTS) is 1. The number of aromatic nitrogens is 1. The Morgan fingerprint density at radius 3 is 2.20 bits per heavy atom. The molecule has 0 unspecified atom stereocenters. The number of carbonyl (C=O) groups is 3. The van der Waals surface area contributed by atoms with E-state index in [9.17, 15) is 44.7 Å². The summed E-state index contributed by atoms with van der Waals surface area (Å²) in [6.07, 6.45) is -7.08. The van der Waals surface area contributed by atoms with Crippen LogP contribution in [0.2, 0.25) is 5.02 Å². The lowest BCUT2D eigenvalue weighted by molar-refractivity contribution is -0.318. The number of aliphatic hydroxyl groups excluding tert-OH is 2. The molecule has 470 valence electrons. The zero-order valence-corrected chi connectivity index (χ0v) is 51.6. The van der Waals surface area contributed by atoms with Gasteiger partial charge in [-0.15, -0.1) is 0 Å². The van der Waals surface area contributed by atoms with Gasteiger partial charge in [0.05, 0.1) is 96.8 Å². The van der Waals surface area contributed by atoms with Crippen LogP contribution in [0.15, 0.2) is 28.3 Å². The van der Waals surface area contributed by atoms with Gasteiger partial charge in [-0.2, -0.15) is 0 Å². The number of aliphatic hydroxyl groups is 4. The van der Waals surface area contributed by atoms with Crippen LogP contribution in [-0.2, 0) is 57.1 Å². The van der Waals surface area contributed by atoms with Gasteiger partial charge in [-0.1, -0.05) is 44.5 Å². The van der Waals surface area contributed by atoms with Crippen LogP contribution in [-0.4, -0.2) is 204 Å². The predicted octanol–water partition coefficient (Wildman–Crippen LogP) is 5.70. The number of anilines is 1. The molecule has 2 aromatic rings. The minimum absolute atomic E-state index is 0.00263. The minimum Gasteiger partial charge on any atom is -0.477 e. The molecule has 0 radical (unpaired) electrons. The quantitative estimate of drug-likeness (QED) is 0.0468. The molecule has 0 amide bonds. The summed E-state index contributed by atoms with van der Waals surface area (Å²) >= 11 is 6.59. The Balaban J connectivity index is 1.12. The van der Waals surface area contributed by atoms with Crippen molar-refractivity contribution in [1.29, 1.82) is 0 Å². The van der Waals surface area contributed by atoms with Gasteiger partial charge in [-0.3, -0.25) is 14.4 Å². The summed E-state index contributed by atoms with van der Waals surface area (Å²) in [6, 6.07) is 2.99. The number of carbonyl (C=O) groups excluding carboxylic acids is 2. The van der Waals surface area contributed by atoms with Crippen LogP contribution in [0, 0.1) is 23.7 Å². The standard InChI is InChI=1S/C59H93ClN4O19/c1-15-44-59(11,73)51(68)33(5)47(62-77-16-2)31(3)28-57(9,72)52(83-56-49(67)43(63(12)13)25-32(4)78-56)34(6)50(35(7)55(71)80-44)82-46-29-58(10,74-14)53(36(8)79-46)81-45(65)19-21-75-23-24-76-22-20-61-41-26-38-42(27-40(41)60)64(37-17-18-37)30-39(48(38)66)54(69)70/h26-27,30-37,43-44,46,49-53,56,61,67-68,72-73H,15-25,28-29H2,1-14H3,(H,69,70)/b62-47+/t31-,32+,33+,34+,35-,36+,43-,44-,46+,49+,50+,51-,52-,53+,56-,57-,58-,59-/m1/s1. The number of benzene rings is 1. The van der Waals surface area contributed by atoms with E-state index in [4.69, 9.17) is 59.1 Å². The van der Waals surface area contributed by atoms with Crippen molar-refractivity contribution in [1.82, 2.24) is 9.47 Å². The Morgan fingerprint density at radius 1 is 0.916 bits per heavy atom. The Bertz CT molecular complexity index is 2600. The number of carboxylic acids is 1. The summed E-state index contributed by atoms with van der Waals surface area (Å²) in [4.78, 5) is 60.4. The van der Waals surface area contributed by atoms with Gasteiger partial charge in [0.15, 0.2) is 18.7 Å². The van der Waals surface area contributed by atoms with Gasteiger partial charge in [0.1, 0.15) is 35.6 Å². The van der Waals surface area contributed by atoms with Crippen LogP contribution in [0.3, 0.4) is 0 Å². The Hall–Kier alpha value is -4.08. The summed E-state index contributed by atoms with van der Waals surface area (Å²) in [5, 5.41) is 66.6. The molecule has 1 saturated carbocycles. The highest BCUT2D eigenvalue weighted by Crippen LogP contribution is 2.43. The van der Waals surface area contributed by atoms with Crippen LogP contribution in [0.4, 0.5) is 5.69 Å². The van der Waals surface area contributed by atoms with Crippen molar-refractivity contribution in [2.45, 2.75) is 211 Å². The van der Waals surface area contributed by atoms with Gasteiger partial charge < -0.3 is 87.8 Å². The molecular formula is C59H93ClN4O19. The zero-order chi connectivity index (χ0) is 61.5. The fraction of sp³-hybridized carbons (Fsp3) is 0.780. The highest BCUT2D eigenvalue weighted by Gasteiger charge is 2.54. The molecule has 1 aromatic heterocycles. The molecule has 1 aliphatic carbocycles. The van der Waals surface area contributed by atoms with E-state index < -0.39 is 119 Å². The highest BCUT2D eigenvalue weighted by atomic mass is 35.5. The number of nitrogens with one attached hydrogen (secondary N) is 1. The summed E-state index contributed by atoms with van der Waals surface area (Å²) < 4.78 is 58.0. The number of fused-ring (bicyclic) bond motifs is 1. The van der Waals surface area contributed by atoms with E-state index in [1.165, 1.54) is 20.2 Å². The molecule has 6 N–H and O–H groups in total. The molecule has 0 bridgehead atoms. The number of oxime groups is 1. The van der Waals surface area contributed by atoms with Crippen molar-refractivity contribution in [3.8, 4) is 0 Å². The average Bonchev–Trinajstić information content (AvgIpc) is 3.13. The van der Waals surface area contributed by atoms with Crippen LogP contribution in [0.5, 0.6) is 0 Å². The molecule has 83 heavy (non-hydrogen) atoms. The lowest BCUT2D eigenvalue weighted by atomic mass is 9.73. The number of cyclic esters (lactones) is 1. The number of hydrogen-bond acceptors (Lipinski definition) is 21. The van der Waals surface area contributed by atoms with E-state index >= 15 is 0 Å².